The Hall–Kier alpha value is -2.52. The van der Waals surface area contributed by atoms with Crippen molar-refractivity contribution in [3.8, 4) is 0 Å². The van der Waals surface area contributed by atoms with Gasteiger partial charge in [-0.25, -0.2) is 0 Å². The van der Waals surface area contributed by atoms with Crippen molar-refractivity contribution in [3.63, 3.8) is 0 Å². The summed E-state index contributed by atoms with van der Waals surface area (Å²) in [6.45, 7) is 1.84. The maximum atomic E-state index is 12.7. The number of amides is 1. The number of alkyl halides is 3. The van der Waals surface area contributed by atoms with Crippen molar-refractivity contribution in [2.24, 2.45) is 0 Å². The van der Waals surface area contributed by atoms with Crippen LogP contribution in [0.25, 0.3) is 0 Å². The van der Waals surface area contributed by atoms with E-state index in [1.54, 1.807) is 35.1 Å². The Labute approximate surface area is 174 Å². The highest BCUT2D eigenvalue weighted by atomic mass is 35.5. The first kappa shape index (κ1) is 21.2. The van der Waals surface area contributed by atoms with E-state index >= 15 is 0 Å². The molecule has 6 nitrogen and oxygen atoms in total. The molecule has 1 amide bonds. The molecular weight excluding hydrogens is 430 g/mol. The van der Waals surface area contributed by atoms with Crippen LogP contribution in [0.3, 0.4) is 0 Å². The number of hydrogen-bond acceptors (Lipinski definition) is 3. The second kappa shape index (κ2) is 8.46. The van der Waals surface area contributed by atoms with Crippen molar-refractivity contribution in [3.05, 3.63) is 63.5 Å². The van der Waals surface area contributed by atoms with Crippen LogP contribution in [-0.4, -0.2) is 25.5 Å². The maximum absolute atomic E-state index is 12.7. The van der Waals surface area contributed by atoms with Crippen LogP contribution in [0.15, 0.2) is 36.5 Å². The number of carbonyl (C=O) groups is 1. The molecule has 0 aliphatic rings. The quantitative estimate of drug-likeness (QED) is 0.592. The van der Waals surface area contributed by atoms with E-state index in [9.17, 15) is 18.0 Å². The first-order valence-electron chi connectivity index (χ1n) is 8.51. The lowest BCUT2D eigenvalue weighted by atomic mass is 10.2. The average molecular weight is 446 g/mol. The van der Waals surface area contributed by atoms with Crippen molar-refractivity contribution in [1.82, 2.24) is 19.6 Å². The molecule has 1 N–H and O–H groups in total. The molecule has 3 aromatic rings. The maximum Gasteiger partial charge on any atom is 0.435 e. The molecule has 2 aromatic heterocycles. The van der Waals surface area contributed by atoms with Gasteiger partial charge in [-0.05, 0) is 25.1 Å². The number of nitrogens with one attached hydrogen (secondary N) is 1. The third-order valence-corrected chi connectivity index (χ3v) is 4.82. The zero-order valence-corrected chi connectivity index (χ0v) is 16.7. The molecule has 154 valence electrons. The van der Waals surface area contributed by atoms with Gasteiger partial charge in [-0.3, -0.25) is 14.2 Å². The first-order chi connectivity index (χ1) is 13.6. The zero-order valence-electron chi connectivity index (χ0n) is 15.2. The fourth-order valence-corrected chi connectivity index (χ4v) is 3.17. The van der Waals surface area contributed by atoms with Crippen LogP contribution in [-0.2, 0) is 24.1 Å². The second-order valence-electron chi connectivity index (χ2n) is 6.29. The minimum absolute atomic E-state index is 0.0175. The van der Waals surface area contributed by atoms with Gasteiger partial charge < -0.3 is 5.32 Å². The van der Waals surface area contributed by atoms with Crippen LogP contribution in [0.2, 0.25) is 10.0 Å². The molecule has 0 fully saturated rings. The van der Waals surface area contributed by atoms with E-state index in [0.29, 0.717) is 33.7 Å². The molecule has 0 bridgehead atoms. The van der Waals surface area contributed by atoms with Gasteiger partial charge in [0, 0.05) is 46.5 Å². The van der Waals surface area contributed by atoms with Crippen LogP contribution in [0, 0.1) is 6.92 Å². The minimum atomic E-state index is -4.52. The molecule has 0 atom stereocenters. The molecule has 0 saturated carbocycles. The standard InChI is InChI=1S/C18H16Cl2F3N5O/c1-11-9-15(18(21,22)23)25-28(11)8-6-17(29)24-16-5-7-27(26-16)10-12-13(19)3-2-4-14(12)20/h2-5,7,9H,6,8,10H2,1H3,(H,24,26,29). The molecule has 3 rings (SSSR count). The Kier molecular flexibility index (Phi) is 6.18. The molecular formula is C18H16Cl2F3N5O. The predicted octanol–water partition coefficient (Wildman–Crippen LogP) is 4.79. The summed E-state index contributed by atoms with van der Waals surface area (Å²) in [6.07, 6.45) is -2.92. The lowest BCUT2D eigenvalue weighted by Crippen LogP contribution is -2.16. The van der Waals surface area contributed by atoms with Gasteiger partial charge in [-0.2, -0.15) is 23.4 Å². The SMILES string of the molecule is Cc1cc(C(F)(F)F)nn1CCC(=O)Nc1ccn(Cc2c(Cl)cccc2Cl)n1. The molecule has 1 aromatic carbocycles. The van der Waals surface area contributed by atoms with Gasteiger partial charge in [0.2, 0.25) is 5.91 Å². The summed E-state index contributed by atoms with van der Waals surface area (Å²) < 4.78 is 40.8. The Balaban J connectivity index is 1.58. The number of rotatable bonds is 6. The summed E-state index contributed by atoms with van der Waals surface area (Å²) >= 11 is 12.3. The molecule has 0 aliphatic carbocycles. The molecule has 11 heteroatoms. The van der Waals surface area contributed by atoms with E-state index in [1.165, 1.54) is 6.92 Å². The van der Waals surface area contributed by atoms with Gasteiger partial charge in [0.05, 0.1) is 6.54 Å². The Morgan fingerprint density at radius 3 is 2.48 bits per heavy atom. The van der Waals surface area contributed by atoms with Crippen molar-refractivity contribution < 1.29 is 18.0 Å². The van der Waals surface area contributed by atoms with Crippen LogP contribution in [0.4, 0.5) is 19.0 Å². The molecule has 2 heterocycles. The summed E-state index contributed by atoms with van der Waals surface area (Å²) in [5.41, 5.74) is 0.0462. The number of carbonyl (C=O) groups excluding carboxylic acids is 1. The van der Waals surface area contributed by atoms with Gasteiger partial charge in [0.1, 0.15) is 0 Å². The number of anilines is 1. The van der Waals surface area contributed by atoms with E-state index < -0.39 is 17.8 Å². The molecule has 0 spiro atoms. The number of hydrogen-bond donors (Lipinski definition) is 1. The lowest BCUT2D eigenvalue weighted by Gasteiger charge is -2.07. The predicted molar refractivity (Wildman–Crippen MR) is 103 cm³/mol. The lowest BCUT2D eigenvalue weighted by molar-refractivity contribution is -0.141. The van der Waals surface area contributed by atoms with E-state index in [1.807, 2.05) is 0 Å². The van der Waals surface area contributed by atoms with Gasteiger partial charge >= 0.3 is 6.18 Å². The highest BCUT2D eigenvalue weighted by molar-refractivity contribution is 6.35. The number of aryl methyl sites for hydroxylation is 2. The van der Waals surface area contributed by atoms with Crippen molar-refractivity contribution in [2.75, 3.05) is 5.32 Å². The summed E-state index contributed by atoms with van der Waals surface area (Å²) in [6, 6.07) is 7.72. The van der Waals surface area contributed by atoms with Crippen LogP contribution in [0.5, 0.6) is 0 Å². The highest BCUT2D eigenvalue weighted by Crippen LogP contribution is 2.28. The zero-order chi connectivity index (χ0) is 21.2. The molecule has 0 radical (unpaired) electrons. The molecule has 0 unspecified atom stereocenters. The number of halogens is 5. The average Bonchev–Trinajstić information content (AvgIpc) is 3.22. The van der Waals surface area contributed by atoms with Gasteiger partial charge in [-0.1, -0.05) is 29.3 Å². The van der Waals surface area contributed by atoms with E-state index in [2.05, 4.69) is 15.5 Å². The second-order valence-corrected chi connectivity index (χ2v) is 7.10. The third-order valence-electron chi connectivity index (χ3n) is 4.11. The Bertz CT molecular complexity index is 1010. The van der Waals surface area contributed by atoms with E-state index in [4.69, 9.17) is 23.2 Å². The topological polar surface area (TPSA) is 64.7 Å². The van der Waals surface area contributed by atoms with Crippen molar-refractivity contribution in [2.45, 2.75) is 32.6 Å². The Morgan fingerprint density at radius 1 is 1.17 bits per heavy atom. The van der Waals surface area contributed by atoms with E-state index in [0.717, 1.165) is 10.7 Å². The number of benzene rings is 1. The Morgan fingerprint density at radius 2 is 1.86 bits per heavy atom. The normalized spacial score (nSPS) is 11.7. The van der Waals surface area contributed by atoms with Crippen molar-refractivity contribution in [1.29, 1.82) is 0 Å². The third kappa shape index (κ3) is 5.30. The van der Waals surface area contributed by atoms with Crippen molar-refractivity contribution >= 4 is 34.9 Å². The molecule has 0 saturated heterocycles. The van der Waals surface area contributed by atoms with Crippen LogP contribution >= 0.6 is 23.2 Å². The first-order valence-corrected chi connectivity index (χ1v) is 9.27. The van der Waals surface area contributed by atoms with Gasteiger partial charge in [-0.15, -0.1) is 0 Å². The highest BCUT2D eigenvalue weighted by Gasteiger charge is 2.34. The molecule has 0 aliphatic heterocycles. The monoisotopic (exact) mass is 445 g/mol. The summed E-state index contributed by atoms with van der Waals surface area (Å²) in [5, 5.41) is 11.3. The smallest absolute Gasteiger partial charge is 0.309 e. The summed E-state index contributed by atoms with van der Waals surface area (Å²) in [4.78, 5) is 12.1. The van der Waals surface area contributed by atoms with Crippen LogP contribution in [0.1, 0.15) is 23.4 Å². The fourth-order valence-electron chi connectivity index (χ4n) is 2.65. The minimum Gasteiger partial charge on any atom is -0.309 e. The number of nitrogens with zero attached hydrogens (tertiary/aromatic N) is 4. The largest absolute Gasteiger partial charge is 0.435 e. The summed E-state index contributed by atoms with van der Waals surface area (Å²) in [7, 11) is 0. The van der Waals surface area contributed by atoms with Gasteiger partial charge in [0.15, 0.2) is 11.5 Å². The van der Waals surface area contributed by atoms with Crippen LogP contribution < -0.4 is 5.32 Å². The van der Waals surface area contributed by atoms with Gasteiger partial charge in [0.25, 0.3) is 0 Å². The fraction of sp³-hybridized carbons (Fsp3) is 0.278. The van der Waals surface area contributed by atoms with E-state index in [-0.39, 0.29) is 13.0 Å². The summed E-state index contributed by atoms with van der Waals surface area (Å²) in [5.74, 6) is -0.0826. The number of aromatic nitrogens is 4. The molecule has 29 heavy (non-hydrogen) atoms.